The Morgan fingerprint density at radius 1 is 0.870 bits per heavy atom. The van der Waals surface area contributed by atoms with Crippen LogP contribution in [0.5, 0.6) is 11.5 Å². The van der Waals surface area contributed by atoms with Crippen molar-refractivity contribution in [1.82, 2.24) is 0 Å². The van der Waals surface area contributed by atoms with E-state index in [-0.39, 0.29) is 17.5 Å². The summed E-state index contributed by atoms with van der Waals surface area (Å²) < 4.78 is 11.0. The smallest absolute Gasteiger partial charge is 0.343 e. The minimum Gasteiger partial charge on any atom is -0.491 e. The number of ether oxygens (including phenoxy) is 2. The molecule has 2 aromatic carbocycles. The van der Waals surface area contributed by atoms with Gasteiger partial charge in [0.05, 0.1) is 11.7 Å². The molecule has 0 fully saturated rings. The summed E-state index contributed by atoms with van der Waals surface area (Å²) in [4.78, 5) is 12.2. The zero-order valence-corrected chi connectivity index (χ0v) is 14.4. The summed E-state index contributed by atoms with van der Waals surface area (Å²) in [6.45, 7) is 10.4. The summed E-state index contributed by atoms with van der Waals surface area (Å²) in [6.07, 6.45) is 0.106. The third-order valence-corrected chi connectivity index (χ3v) is 3.39. The molecule has 0 spiro atoms. The van der Waals surface area contributed by atoms with Crippen molar-refractivity contribution >= 4 is 5.97 Å². The quantitative estimate of drug-likeness (QED) is 0.589. The lowest BCUT2D eigenvalue weighted by molar-refractivity contribution is 0.0734. The Hall–Kier alpha value is -2.29. The molecule has 122 valence electrons. The third-order valence-electron chi connectivity index (χ3n) is 3.39. The van der Waals surface area contributed by atoms with E-state index in [1.807, 2.05) is 38.1 Å². The normalized spacial score (nSPS) is 11.4. The summed E-state index contributed by atoms with van der Waals surface area (Å²) in [5.41, 5.74) is 1.78. The fraction of sp³-hybridized carbons (Fsp3) is 0.350. The standard InChI is InChI=1S/C20H24O3/c1-14(2)22-17-10-6-15(7-11-17)19(21)23-18-12-8-16(9-13-18)20(3,4)5/h6-14H,1-5H3. The largest absolute Gasteiger partial charge is 0.491 e. The van der Waals surface area contributed by atoms with E-state index in [1.165, 1.54) is 5.56 Å². The minimum atomic E-state index is -0.371. The molecule has 0 N–H and O–H groups in total. The highest BCUT2D eigenvalue weighted by molar-refractivity contribution is 5.91. The van der Waals surface area contributed by atoms with E-state index in [4.69, 9.17) is 9.47 Å². The fourth-order valence-electron chi connectivity index (χ4n) is 2.13. The Bertz CT molecular complexity index is 647. The summed E-state index contributed by atoms with van der Waals surface area (Å²) in [7, 11) is 0. The minimum absolute atomic E-state index is 0.0782. The number of carbonyl (C=O) groups is 1. The first-order valence-corrected chi connectivity index (χ1v) is 7.85. The van der Waals surface area contributed by atoms with Gasteiger partial charge in [-0.25, -0.2) is 4.79 Å². The van der Waals surface area contributed by atoms with Gasteiger partial charge in [-0.15, -0.1) is 0 Å². The van der Waals surface area contributed by atoms with Gasteiger partial charge in [0.15, 0.2) is 0 Å². The lowest BCUT2D eigenvalue weighted by Gasteiger charge is -2.19. The van der Waals surface area contributed by atoms with Gasteiger partial charge >= 0.3 is 5.97 Å². The van der Waals surface area contributed by atoms with Gasteiger partial charge in [0.25, 0.3) is 0 Å². The maximum atomic E-state index is 12.2. The molecular formula is C20H24O3. The van der Waals surface area contributed by atoms with Crippen molar-refractivity contribution in [3.63, 3.8) is 0 Å². The topological polar surface area (TPSA) is 35.5 Å². The zero-order chi connectivity index (χ0) is 17.0. The molecule has 0 aliphatic rings. The van der Waals surface area contributed by atoms with E-state index < -0.39 is 0 Å². The number of benzene rings is 2. The molecule has 3 heteroatoms. The van der Waals surface area contributed by atoms with Crippen LogP contribution in [0.2, 0.25) is 0 Å². The molecule has 3 nitrogen and oxygen atoms in total. The highest BCUT2D eigenvalue weighted by Gasteiger charge is 2.14. The Morgan fingerprint density at radius 2 is 1.39 bits per heavy atom. The number of esters is 1. The summed E-state index contributed by atoms with van der Waals surface area (Å²) in [5.74, 6) is 0.918. The molecule has 0 saturated carbocycles. The van der Waals surface area contributed by atoms with Crippen LogP contribution in [0.25, 0.3) is 0 Å². The van der Waals surface area contributed by atoms with E-state index in [1.54, 1.807) is 24.3 Å². The molecule has 0 bridgehead atoms. The van der Waals surface area contributed by atoms with Crippen molar-refractivity contribution in [3.8, 4) is 11.5 Å². The highest BCUT2D eigenvalue weighted by atomic mass is 16.5. The Morgan fingerprint density at radius 3 is 1.87 bits per heavy atom. The molecule has 0 aliphatic heterocycles. The molecule has 0 amide bonds. The predicted octanol–water partition coefficient (Wildman–Crippen LogP) is 4.99. The predicted molar refractivity (Wildman–Crippen MR) is 92.3 cm³/mol. The highest BCUT2D eigenvalue weighted by Crippen LogP contribution is 2.24. The van der Waals surface area contributed by atoms with Crippen LogP contribution in [0.3, 0.4) is 0 Å². The molecule has 0 aromatic heterocycles. The van der Waals surface area contributed by atoms with E-state index in [0.717, 1.165) is 5.75 Å². The molecular weight excluding hydrogens is 288 g/mol. The summed E-state index contributed by atoms with van der Waals surface area (Å²) in [6, 6.07) is 14.6. The molecule has 0 atom stereocenters. The van der Waals surface area contributed by atoms with E-state index in [9.17, 15) is 4.79 Å². The first-order valence-electron chi connectivity index (χ1n) is 7.85. The molecule has 2 aromatic rings. The first kappa shape index (κ1) is 17.1. The van der Waals surface area contributed by atoms with Crippen LogP contribution in [-0.4, -0.2) is 12.1 Å². The summed E-state index contributed by atoms with van der Waals surface area (Å²) >= 11 is 0. The summed E-state index contributed by atoms with van der Waals surface area (Å²) in [5, 5.41) is 0. The van der Waals surface area contributed by atoms with Crippen LogP contribution < -0.4 is 9.47 Å². The second-order valence-corrected chi connectivity index (χ2v) is 6.85. The zero-order valence-electron chi connectivity index (χ0n) is 14.4. The van der Waals surface area contributed by atoms with Crippen molar-refractivity contribution < 1.29 is 14.3 Å². The number of rotatable bonds is 4. The maximum absolute atomic E-state index is 12.2. The average molecular weight is 312 g/mol. The van der Waals surface area contributed by atoms with Crippen molar-refractivity contribution in [2.45, 2.75) is 46.1 Å². The second-order valence-electron chi connectivity index (χ2n) is 6.85. The van der Waals surface area contributed by atoms with Crippen molar-refractivity contribution in [2.24, 2.45) is 0 Å². The molecule has 0 radical (unpaired) electrons. The number of carbonyl (C=O) groups excluding carboxylic acids is 1. The van der Waals surface area contributed by atoms with E-state index in [0.29, 0.717) is 11.3 Å². The lowest BCUT2D eigenvalue weighted by atomic mass is 9.87. The number of hydrogen-bond donors (Lipinski definition) is 0. The average Bonchev–Trinajstić information content (AvgIpc) is 2.47. The van der Waals surface area contributed by atoms with Crippen LogP contribution in [0.4, 0.5) is 0 Å². The molecule has 0 unspecified atom stereocenters. The van der Waals surface area contributed by atoms with Gasteiger partial charge in [-0.2, -0.15) is 0 Å². The molecule has 23 heavy (non-hydrogen) atoms. The van der Waals surface area contributed by atoms with Gasteiger partial charge in [0, 0.05) is 0 Å². The third kappa shape index (κ3) is 4.85. The Kier molecular flexibility index (Phi) is 5.09. The monoisotopic (exact) mass is 312 g/mol. The molecule has 0 heterocycles. The number of hydrogen-bond acceptors (Lipinski definition) is 3. The van der Waals surface area contributed by atoms with Crippen LogP contribution in [0.1, 0.15) is 50.5 Å². The van der Waals surface area contributed by atoms with Crippen LogP contribution in [0.15, 0.2) is 48.5 Å². The Balaban J connectivity index is 2.04. The maximum Gasteiger partial charge on any atom is 0.343 e. The van der Waals surface area contributed by atoms with Gasteiger partial charge in [0.1, 0.15) is 11.5 Å². The lowest BCUT2D eigenvalue weighted by Crippen LogP contribution is -2.12. The first-order chi connectivity index (χ1) is 10.8. The Labute approximate surface area is 138 Å². The molecule has 0 saturated heterocycles. The van der Waals surface area contributed by atoms with Gasteiger partial charge < -0.3 is 9.47 Å². The van der Waals surface area contributed by atoms with Crippen LogP contribution in [0, 0.1) is 0 Å². The fourth-order valence-corrected chi connectivity index (χ4v) is 2.13. The van der Waals surface area contributed by atoms with Crippen molar-refractivity contribution in [3.05, 3.63) is 59.7 Å². The molecule has 2 rings (SSSR count). The van der Waals surface area contributed by atoms with Crippen molar-refractivity contribution in [2.75, 3.05) is 0 Å². The van der Waals surface area contributed by atoms with E-state index >= 15 is 0 Å². The van der Waals surface area contributed by atoms with E-state index in [2.05, 4.69) is 20.8 Å². The van der Waals surface area contributed by atoms with Crippen LogP contribution in [-0.2, 0) is 5.41 Å². The second kappa shape index (κ2) is 6.86. The van der Waals surface area contributed by atoms with Crippen LogP contribution >= 0.6 is 0 Å². The van der Waals surface area contributed by atoms with Gasteiger partial charge in [-0.1, -0.05) is 32.9 Å². The molecule has 0 aliphatic carbocycles. The van der Waals surface area contributed by atoms with Crippen molar-refractivity contribution in [1.29, 1.82) is 0 Å². The van der Waals surface area contributed by atoms with Gasteiger partial charge in [-0.05, 0) is 61.2 Å². The van der Waals surface area contributed by atoms with Gasteiger partial charge in [0.2, 0.25) is 0 Å². The van der Waals surface area contributed by atoms with Gasteiger partial charge in [-0.3, -0.25) is 0 Å². The SMILES string of the molecule is CC(C)Oc1ccc(C(=O)Oc2ccc(C(C)(C)C)cc2)cc1.